The lowest BCUT2D eigenvalue weighted by Gasteiger charge is -2.10. The van der Waals surface area contributed by atoms with Crippen molar-refractivity contribution >= 4 is 39.0 Å². The first-order valence-corrected chi connectivity index (χ1v) is 11.5. The van der Waals surface area contributed by atoms with Crippen molar-refractivity contribution in [3.63, 3.8) is 0 Å². The SMILES string of the molecule is Cc1cc(=O)c2c(O)c3ccoc3c(N=c3scc(-c4ccccc4)n3-c3ccccc3)c2o1. The number of fused-ring (bicyclic) bond motifs is 2. The Hall–Kier alpha value is -4.36. The number of hydrogen-bond donors (Lipinski definition) is 1. The van der Waals surface area contributed by atoms with Gasteiger partial charge in [0.25, 0.3) is 0 Å². The monoisotopic (exact) mass is 466 g/mol. The summed E-state index contributed by atoms with van der Waals surface area (Å²) < 4.78 is 13.7. The van der Waals surface area contributed by atoms with Gasteiger partial charge in [0, 0.05) is 17.1 Å². The minimum Gasteiger partial charge on any atom is -0.506 e. The van der Waals surface area contributed by atoms with Gasteiger partial charge in [-0.2, -0.15) is 0 Å². The zero-order valence-electron chi connectivity index (χ0n) is 18.1. The van der Waals surface area contributed by atoms with E-state index in [1.807, 2.05) is 66.0 Å². The van der Waals surface area contributed by atoms with E-state index < -0.39 is 0 Å². The molecule has 3 aromatic carbocycles. The molecule has 0 atom stereocenters. The normalized spacial score (nSPS) is 12.1. The van der Waals surface area contributed by atoms with Gasteiger partial charge in [-0.05, 0) is 30.7 Å². The van der Waals surface area contributed by atoms with Gasteiger partial charge in [0.05, 0.1) is 17.3 Å². The molecule has 7 heteroatoms. The van der Waals surface area contributed by atoms with E-state index in [4.69, 9.17) is 13.8 Å². The van der Waals surface area contributed by atoms with Gasteiger partial charge in [-0.25, -0.2) is 4.99 Å². The smallest absolute Gasteiger partial charge is 0.196 e. The van der Waals surface area contributed by atoms with Crippen molar-refractivity contribution < 1.29 is 13.9 Å². The van der Waals surface area contributed by atoms with Crippen LogP contribution in [0.3, 0.4) is 0 Å². The van der Waals surface area contributed by atoms with Crippen molar-refractivity contribution in [2.45, 2.75) is 6.92 Å². The number of para-hydroxylation sites is 1. The molecule has 6 rings (SSSR count). The number of aromatic nitrogens is 1. The summed E-state index contributed by atoms with van der Waals surface area (Å²) in [6, 6.07) is 23.0. The molecular weight excluding hydrogens is 448 g/mol. The lowest BCUT2D eigenvalue weighted by atomic mass is 10.1. The zero-order valence-corrected chi connectivity index (χ0v) is 18.9. The predicted molar refractivity (Wildman–Crippen MR) is 133 cm³/mol. The van der Waals surface area contributed by atoms with E-state index in [1.54, 1.807) is 13.0 Å². The molecule has 0 saturated heterocycles. The largest absolute Gasteiger partial charge is 0.506 e. The molecule has 3 aromatic heterocycles. The van der Waals surface area contributed by atoms with Gasteiger partial charge in [-0.15, -0.1) is 11.3 Å². The molecule has 0 saturated carbocycles. The maximum Gasteiger partial charge on any atom is 0.196 e. The lowest BCUT2D eigenvalue weighted by molar-refractivity contribution is 0.484. The zero-order chi connectivity index (χ0) is 23.2. The molecule has 0 aliphatic rings. The molecule has 3 heterocycles. The summed E-state index contributed by atoms with van der Waals surface area (Å²) in [6.45, 7) is 1.69. The Balaban J connectivity index is 1.75. The van der Waals surface area contributed by atoms with Crippen LogP contribution in [0, 0.1) is 6.92 Å². The average Bonchev–Trinajstić information content (AvgIpc) is 3.50. The van der Waals surface area contributed by atoms with Crippen LogP contribution in [0.15, 0.2) is 103 Å². The number of nitrogens with zero attached hydrogens (tertiary/aromatic N) is 2. The molecule has 0 unspecified atom stereocenters. The molecule has 166 valence electrons. The summed E-state index contributed by atoms with van der Waals surface area (Å²) in [5.74, 6) is 0.255. The maximum absolute atomic E-state index is 12.8. The molecule has 0 spiro atoms. The van der Waals surface area contributed by atoms with Crippen molar-refractivity contribution in [3.05, 3.63) is 105 Å². The number of aryl methyl sites for hydroxylation is 1. The third-order valence-electron chi connectivity index (χ3n) is 5.66. The van der Waals surface area contributed by atoms with Gasteiger partial charge >= 0.3 is 0 Å². The Morgan fingerprint density at radius 2 is 1.71 bits per heavy atom. The Kier molecular flexibility index (Phi) is 4.71. The van der Waals surface area contributed by atoms with Gasteiger partial charge in [0.1, 0.15) is 16.9 Å². The van der Waals surface area contributed by atoms with Gasteiger partial charge < -0.3 is 13.9 Å². The summed E-state index contributed by atoms with van der Waals surface area (Å²) in [5.41, 5.74) is 3.55. The van der Waals surface area contributed by atoms with Crippen molar-refractivity contribution in [1.29, 1.82) is 0 Å². The van der Waals surface area contributed by atoms with Gasteiger partial charge in [-0.3, -0.25) is 9.36 Å². The summed E-state index contributed by atoms with van der Waals surface area (Å²) in [4.78, 5) is 18.4. The van der Waals surface area contributed by atoms with Gasteiger partial charge in [0.15, 0.2) is 27.1 Å². The second-order valence-electron chi connectivity index (χ2n) is 7.84. The summed E-state index contributed by atoms with van der Waals surface area (Å²) in [7, 11) is 0. The van der Waals surface area contributed by atoms with Crippen LogP contribution in [0.25, 0.3) is 38.9 Å². The molecule has 0 bridgehead atoms. The Morgan fingerprint density at radius 1 is 0.971 bits per heavy atom. The molecule has 34 heavy (non-hydrogen) atoms. The molecule has 6 nitrogen and oxygen atoms in total. The molecule has 1 N–H and O–H groups in total. The van der Waals surface area contributed by atoms with E-state index in [0.717, 1.165) is 16.9 Å². The van der Waals surface area contributed by atoms with E-state index in [1.165, 1.54) is 23.7 Å². The number of phenolic OH excluding ortho intramolecular Hbond substituents is 1. The van der Waals surface area contributed by atoms with Gasteiger partial charge in [0.2, 0.25) is 0 Å². The highest BCUT2D eigenvalue weighted by Gasteiger charge is 2.21. The average molecular weight is 467 g/mol. The molecule has 0 aliphatic carbocycles. The number of hydrogen-bond acceptors (Lipinski definition) is 6. The molecule has 6 aromatic rings. The third kappa shape index (κ3) is 3.17. The molecular formula is C27H18N2O4S. The van der Waals surface area contributed by atoms with Crippen LogP contribution in [-0.4, -0.2) is 9.67 Å². The third-order valence-corrected chi connectivity index (χ3v) is 6.48. The van der Waals surface area contributed by atoms with Crippen molar-refractivity contribution in [3.8, 4) is 22.7 Å². The first-order valence-electron chi connectivity index (χ1n) is 10.6. The number of aromatic hydroxyl groups is 1. The van der Waals surface area contributed by atoms with E-state index in [9.17, 15) is 9.90 Å². The van der Waals surface area contributed by atoms with Crippen LogP contribution in [0.5, 0.6) is 5.75 Å². The second kappa shape index (κ2) is 7.90. The van der Waals surface area contributed by atoms with E-state index in [0.29, 0.717) is 27.2 Å². The highest BCUT2D eigenvalue weighted by molar-refractivity contribution is 7.07. The quantitative estimate of drug-likeness (QED) is 0.332. The van der Waals surface area contributed by atoms with Crippen LogP contribution in [-0.2, 0) is 0 Å². The highest BCUT2D eigenvalue weighted by atomic mass is 32.1. The van der Waals surface area contributed by atoms with E-state index in [-0.39, 0.29) is 22.1 Å². The molecule has 0 aliphatic heterocycles. The summed E-state index contributed by atoms with van der Waals surface area (Å²) >= 11 is 1.47. The van der Waals surface area contributed by atoms with Gasteiger partial charge in [-0.1, -0.05) is 48.5 Å². The topological polar surface area (TPSA) is 80.9 Å². The van der Waals surface area contributed by atoms with Crippen LogP contribution in [0.2, 0.25) is 0 Å². The minimum absolute atomic E-state index is 0.0874. The summed E-state index contributed by atoms with van der Waals surface area (Å²) in [5, 5.41) is 13.3. The Morgan fingerprint density at radius 3 is 2.47 bits per heavy atom. The van der Waals surface area contributed by atoms with Crippen molar-refractivity contribution in [2.24, 2.45) is 4.99 Å². The minimum atomic E-state index is -0.331. The van der Waals surface area contributed by atoms with E-state index in [2.05, 4.69) is 4.57 Å². The lowest BCUT2D eigenvalue weighted by Crippen LogP contribution is -2.13. The van der Waals surface area contributed by atoms with Crippen molar-refractivity contribution in [2.75, 3.05) is 0 Å². The molecule has 0 fully saturated rings. The Bertz CT molecular complexity index is 1790. The Labute approximate surface area is 197 Å². The highest BCUT2D eigenvalue weighted by Crippen LogP contribution is 2.41. The predicted octanol–water partition coefficient (Wildman–Crippen LogP) is 6.30. The molecule has 0 radical (unpaired) electrons. The fourth-order valence-electron chi connectivity index (χ4n) is 4.14. The first-order chi connectivity index (χ1) is 16.6. The fourth-order valence-corrected chi connectivity index (χ4v) is 5.05. The van der Waals surface area contributed by atoms with Crippen LogP contribution in [0.4, 0.5) is 5.69 Å². The number of furan rings is 1. The molecule has 0 amide bonds. The van der Waals surface area contributed by atoms with E-state index >= 15 is 0 Å². The standard InChI is InChI=1S/C27H18N2O4S/c1-16-14-21(30)22-24(31)19-12-13-32-25(19)23(26(22)33-16)28-27-29(18-10-6-3-7-11-18)20(15-34-27)17-8-4-2-5-9-17/h2-15,31H,1H3. The summed E-state index contributed by atoms with van der Waals surface area (Å²) in [6.07, 6.45) is 1.47. The number of thiazole rings is 1. The first kappa shape index (κ1) is 20.3. The van der Waals surface area contributed by atoms with Crippen LogP contribution in [0.1, 0.15) is 5.76 Å². The van der Waals surface area contributed by atoms with Crippen molar-refractivity contribution in [1.82, 2.24) is 4.57 Å². The maximum atomic E-state index is 12.8. The van der Waals surface area contributed by atoms with Crippen LogP contribution >= 0.6 is 11.3 Å². The number of rotatable bonds is 3. The number of phenols is 1. The fraction of sp³-hybridized carbons (Fsp3) is 0.0370. The van der Waals surface area contributed by atoms with Crippen LogP contribution < -0.4 is 10.2 Å². The second-order valence-corrected chi connectivity index (χ2v) is 8.67. The number of benzene rings is 3.